The number of benzene rings is 3. The van der Waals surface area contributed by atoms with E-state index >= 15 is 0 Å². The van der Waals surface area contributed by atoms with Gasteiger partial charge in [-0.05, 0) is 30.2 Å². The molecule has 3 rings (SSSR count). The van der Waals surface area contributed by atoms with E-state index in [2.05, 4.69) is 5.43 Å². The monoisotopic (exact) mass is 448 g/mol. The molecule has 0 aromatic heterocycles. The van der Waals surface area contributed by atoms with Crippen molar-refractivity contribution in [2.45, 2.75) is 26.2 Å². The number of ether oxygens (including phenoxy) is 3. The van der Waals surface area contributed by atoms with E-state index in [1.807, 2.05) is 24.3 Å². The van der Waals surface area contributed by atoms with Crippen LogP contribution in [-0.4, -0.2) is 29.2 Å². The van der Waals surface area contributed by atoms with Gasteiger partial charge in [-0.2, -0.15) is 0 Å². The van der Waals surface area contributed by atoms with E-state index in [4.69, 9.17) is 14.2 Å². The van der Waals surface area contributed by atoms with Gasteiger partial charge in [0.15, 0.2) is 6.04 Å². The molecule has 2 amide bonds. The smallest absolute Gasteiger partial charge is 0.429 e. The van der Waals surface area contributed by atoms with Crippen molar-refractivity contribution in [1.82, 2.24) is 10.4 Å². The molecule has 8 heteroatoms. The number of nitrogens with zero attached hydrogens (tertiary/aromatic N) is 1. The molecule has 3 aromatic carbocycles. The summed E-state index contributed by atoms with van der Waals surface area (Å²) in [5.74, 6) is -0.458. The van der Waals surface area contributed by atoms with Gasteiger partial charge in [0.05, 0.1) is 0 Å². The second-order valence-electron chi connectivity index (χ2n) is 6.99. The topological polar surface area (TPSA) is 94.2 Å². The molecule has 0 saturated carbocycles. The fourth-order valence-electron chi connectivity index (χ4n) is 2.74. The van der Waals surface area contributed by atoms with Crippen molar-refractivity contribution >= 4 is 18.2 Å². The Balaban J connectivity index is 1.66. The molecule has 3 aromatic rings. The summed E-state index contributed by atoms with van der Waals surface area (Å²) in [4.78, 5) is 37.7. The molecule has 0 saturated heterocycles. The lowest BCUT2D eigenvalue weighted by molar-refractivity contribution is -0.140. The Hall–Kier alpha value is -4.33. The molecule has 0 aliphatic heterocycles. The summed E-state index contributed by atoms with van der Waals surface area (Å²) in [5, 5.41) is 0.752. The Morgan fingerprint density at radius 3 is 1.79 bits per heavy atom. The molecule has 0 radical (unpaired) electrons. The summed E-state index contributed by atoms with van der Waals surface area (Å²) in [6.45, 7) is 1.35. The van der Waals surface area contributed by atoms with E-state index < -0.39 is 24.2 Å². The van der Waals surface area contributed by atoms with Crippen LogP contribution >= 0.6 is 0 Å². The van der Waals surface area contributed by atoms with Gasteiger partial charge in [0.1, 0.15) is 19.0 Å². The van der Waals surface area contributed by atoms with E-state index in [9.17, 15) is 14.4 Å². The zero-order chi connectivity index (χ0) is 23.5. The van der Waals surface area contributed by atoms with Crippen molar-refractivity contribution in [2.75, 3.05) is 0 Å². The Kier molecular flexibility index (Phi) is 8.41. The standard InChI is InChI=1S/C25H24N2O6/c1-19(23(28)33-22-15-9-4-10-16-22)27(25(30)32-18-21-13-7-3-8-14-21)26-24(29)31-17-20-11-5-2-6-12-20/h2-16,19H,17-18H2,1H3,(H,26,29). The summed E-state index contributed by atoms with van der Waals surface area (Å²) >= 11 is 0. The molecule has 0 aliphatic carbocycles. The van der Waals surface area contributed by atoms with Gasteiger partial charge in [-0.25, -0.2) is 24.8 Å². The van der Waals surface area contributed by atoms with Crippen LogP contribution < -0.4 is 10.2 Å². The molecule has 1 unspecified atom stereocenters. The lowest BCUT2D eigenvalue weighted by atomic mass is 10.2. The zero-order valence-corrected chi connectivity index (χ0v) is 18.0. The largest absolute Gasteiger partial charge is 0.443 e. The van der Waals surface area contributed by atoms with E-state index in [0.29, 0.717) is 5.75 Å². The maximum absolute atomic E-state index is 12.8. The minimum atomic E-state index is -1.20. The third kappa shape index (κ3) is 7.39. The lowest BCUT2D eigenvalue weighted by Gasteiger charge is -2.26. The SMILES string of the molecule is CC(C(=O)Oc1ccccc1)N(NC(=O)OCc1ccccc1)C(=O)OCc1ccccc1. The van der Waals surface area contributed by atoms with Gasteiger partial charge in [-0.15, -0.1) is 0 Å². The number of hydrogen-bond acceptors (Lipinski definition) is 6. The highest BCUT2D eigenvalue weighted by molar-refractivity contribution is 5.84. The van der Waals surface area contributed by atoms with E-state index in [0.717, 1.165) is 16.1 Å². The van der Waals surface area contributed by atoms with E-state index in [1.54, 1.807) is 66.7 Å². The Morgan fingerprint density at radius 1 is 0.758 bits per heavy atom. The molecule has 0 bridgehead atoms. The van der Waals surface area contributed by atoms with Crippen LogP contribution in [-0.2, 0) is 27.5 Å². The van der Waals surface area contributed by atoms with Gasteiger partial charge >= 0.3 is 18.2 Å². The first-order chi connectivity index (χ1) is 16.0. The van der Waals surface area contributed by atoms with Crippen molar-refractivity contribution in [3.63, 3.8) is 0 Å². The van der Waals surface area contributed by atoms with Crippen molar-refractivity contribution in [1.29, 1.82) is 0 Å². The number of para-hydroxylation sites is 1. The number of nitrogens with one attached hydrogen (secondary N) is 1. The summed E-state index contributed by atoms with van der Waals surface area (Å²) < 4.78 is 15.8. The second-order valence-corrected chi connectivity index (χ2v) is 6.99. The molecule has 8 nitrogen and oxygen atoms in total. The first-order valence-corrected chi connectivity index (χ1v) is 10.3. The first-order valence-electron chi connectivity index (χ1n) is 10.3. The molecule has 0 aliphatic rings. The number of amides is 2. The fourth-order valence-corrected chi connectivity index (χ4v) is 2.74. The van der Waals surface area contributed by atoms with Crippen LogP contribution in [0.25, 0.3) is 0 Å². The van der Waals surface area contributed by atoms with Gasteiger partial charge in [0.25, 0.3) is 0 Å². The molecule has 0 heterocycles. The predicted octanol–water partition coefficient (Wildman–Crippen LogP) is 4.46. The van der Waals surface area contributed by atoms with Crippen molar-refractivity contribution in [2.24, 2.45) is 0 Å². The molecule has 0 fully saturated rings. The Bertz CT molecular complexity index is 1040. The molecule has 33 heavy (non-hydrogen) atoms. The molecule has 0 spiro atoms. The van der Waals surface area contributed by atoms with Crippen LogP contribution in [0, 0.1) is 0 Å². The maximum Gasteiger partial charge on any atom is 0.429 e. The molecule has 1 atom stereocenters. The highest BCUT2D eigenvalue weighted by Crippen LogP contribution is 2.12. The Morgan fingerprint density at radius 2 is 1.24 bits per heavy atom. The normalized spacial score (nSPS) is 11.1. The van der Waals surface area contributed by atoms with Gasteiger partial charge in [-0.1, -0.05) is 78.9 Å². The van der Waals surface area contributed by atoms with Crippen LogP contribution in [0.1, 0.15) is 18.1 Å². The van der Waals surface area contributed by atoms with Crippen molar-refractivity contribution in [3.05, 3.63) is 102 Å². The minimum absolute atomic E-state index is 0.0115. The number of esters is 1. The average Bonchev–Trinajstić information content (AvgIpc) is 2.86. The van der Waals surface area contributed by atoms with Crippen LogP contribution in [0.15, 0.2) is 91.0 Å². The second kappa shape index (κ2) is 11.9. The third-order valence-electron chi connectivity index (χ3n) is 4.52. The summed E-state index contributed by atoms with van der Waals surface area (Å²) in [6.07, 6.45) is -1.86. The van der Waals surface area contributed by atoms with Gasteiger partial charge < -0.3 is 14.2 Å². The number of hydrogen-bond donors (Lipinski definition) is 1. The van der Waals surface area contributed by atoms with Crippen molar-refractivity contribution < 1.29 is 28.6 Å². The van der Waals surface area contributed by atoms with Crippen LogP contribution in [0.2, 0.25) is 0 Å². The number of carbonyl (C=O) groups excluding carboxylic acids is 3. The number of rotatable bonds is 7. The predicted molar refractivity (Wildman–Crippen MR) is 120 cm³/mol. The zero-order valence-electron chi connectivity index (χ0n) is 18.0. The summed E-state index contributed by atoms with van der Waals surface area (Å²) in [7, 11) is 0. The number of carbonyl (C=O) groups is 3. The first kappa shape index (κ1) is 23.3. The van der Waals surface area contributed by atoms with E-state index in [-0.39, 0.29) is 13.2 Å². The average molecular weight is 448 g/mol. The Labute approximate surface area is 191 Å². The highest BCUT2D eigenvalue weighted by Gasteiger charge is 2.31. The molecule has 1 N–H and O–H groups in total. The highest BCUT2D eigenvalue weighted by atomic mass is 16.6. The third-order valence-corrected chi connectivity index (χ3v) is 4.52. The molecular formula is C25H24N2O6. The van der Waals surface area contributed by atoms with Gasteiger partial charge in [0, 0.05) is 0 Å². The van der Waals surface area contributed by atoms with Crippen LogP contribution in [0.4, 0.5) is 9.59 Å². The number of hydrazine groups is 1. The summed E-state index contributed by atoms with van der Waals surface area (Å²) in [6, 6.07) is 25.3. The molecular weight excluding hydrogens is 424 g/mol. The summed E-state index contributed by atoms with van der Waals surface area (Å²) in [5.41, 5.74) is 3.80. The fraction of sp³-hybridized carbons (Fsp3) is 0.160. The van der Waals surface area contributed by atoms with Gasteiger partial charge in [0.2, 0.25) is 0 Å². The minimum Gasteiger partial charge on any atom is -0.443 e. The maximum atomic E-state index is 12.8. The molecule has 170 valence electrons. The van der Waals surface area contributed by atoms with Gasteiger partial charge in [-0.3, -0.25) is 0 Å². The van der Waals surface area contributed by atoms with Crippen LogP contribution in [0.5, 0.6) is 5.75 Å². The van der Waals surface area contributed by atoms with E-state index in [1.165, 1.54) is 6.92 Å². The van der Waals surface area contributed by atoms with Crippen LogP contribution in [0.3, 0.4) is 0 Å². The quantitative estimate of drug-likeness (QED) is 0.326. The lowest BCUT2D eigenvalue weighted by Crippen LogP contribution is -2.54. The van der Waals surface area contributed by atoms with Crippen molar-refractivity contribution in [3.8, 4) is 5.75 Å².